The maximum Gasteiger partial charge on any atom is 0.295 e. The molecule has 3 aromatic rings. The van der Waals surface area contributed by atoms with E-state index in [1.807, 2.05) is 54.6 Å². The van der Waals surface area contributed by atoms with Crippen molar-refractivity contribution in [2.45, 2.75) is 6.92 Å². The van der Waals surface area contributed by atoms with Crippen LogP contribution in [0, 0.1) is 18.3 Å². The first kappa shape index (κ1) is 20.0. The molecule has 1 aliphatic heterocycles. The molecule has 0 unspecified atom stereocenters. The molecule has 31 heavy (non-hydrogen) atoms. The summed E-state index contributed by atoms with van der Waals surface area (Å²) < 4.78 is 8.81. The lowest BCUT2D eigenvalue weighted by Gasteiger charge is -2.16. The summed E-state index contributed by atoms with van der Waals surface area (Å²) in [6.07, 6.45) is 3.36. The van der Waals surface area contributed by atoms with Gasteiger partial charge in [0.1, 0.15) is 29.7 Å². The number of aromatic nitrogens is 2. The Labute approximate surface area is 179 Å². The van der Waals surface area contributed by atoms with Crippen LogP contribution in [0.25, 0.3) is 11.8 Å². The first-order valence-corrected chi connectivity index (χ1v) is 9.69. The number of carbonyl (C=O) groups is 1. The van der Waals surface area contributed by atoms with Gasteiger partial charge >= 0.3 is 0 Å². The molecule has 7 heteroatoms. The molecule has 0 atom stereocenters. The average molecular weight is 412 g/mol. The average Bonchev–Trinajstić information content (AvgIpc) is 3.00. The van der Waals surface area contributed by atoms with Crippen molar-refractivity contribution in [1.29, 1.82) is 5.26 Å². The summed E-state index contributed by atoms with van der Waals surface area (Å²) in [5, 5.41) is 12.2. The SMILES string of the molecule is Cc1c(NC(=O)/C(C#N)=C/C2=Cc3ccccc3OC2)c(=O)n(-c2ccccc2)n1C. The number of ether oxygens (including phenoxy) is 1. The highest BCUT2D eigenvalue weighted by Crippen LogP contribution is 2.26. The topological polar surface area (TPSA) is 89.1 Å². The van der Waals surface area contributed by atoms with Gasteiger partial charge in [0, 0.05) is 12.6 Å². The largest absolute Gasteiger partial charge is 0.488 e. The molecule has 0 saturated heterocycles. The highest BCUT2D eigenvalue weighted by molar-refractivity contribution is 6.07. The molecule has 0 spiro atoms. The molecule has 2 heterocycles. The van der Waals surface area contributed by atoms with Crippen molar-refractivity contribution in [3.05, 3.63) is 93.4 Å². The van der Waals surface area contributed by atoms with Crippen molar-refractivity contribution in [3.63, 3.8) is 0 Å². The second-order valence-corrected chi connectivity index (χ2v) is 7.11. The fourth-order valence-electron chi connectivity index (χ4n) is 3.44. The highest BCUT2D eigenvalue weighted by atomic mass is 16.5. The number of fused-ring (bicyclic) bond motifs is 1. The van der Waals surface area contributed by atoms with Crippen molar-refractivity contribution in [3.8, 4) is 17.5 Å². The summed E-state index contributed by atoms with van der Waals surface area (Å²) in [6, 6.07) is 18.6. The molecular formula is C24H20N4O3. The Hall–Kier alpha value is -4.31. The maximum absolute atomic E-state index is 13.0. The minimum absolute atomic E-state index is 0.108. The zero-order valence-corrected chi connectivity index (χ0v) is 17.1. The van der Waals surface area contributed by atoms with Gasteiger partial charge < -0.3 is 10.1 Å². The van der Waals surface area contributed by atoms with E-state index in [0.29, 0.717) is 17.0 Å². The molecule has 1 N–H and O–H groups in total. The van der Waals surface area contributed by atoms with Gasteiger partial charge in [0.2, 0.25) is 0 Å². The van der Waals surface area contributed by atoms with E-state index >= 15 is 0 Å². The summed E-state index contributed by atoms with van der Waals surface area (Å²) >= 11 is 0. The number of nitriles is 1. The zero-order valence-electron chi connectivity index (χ0n) is 17.1. The van der Waals surface area contributed by atoms with Crippen LogP contribution >= 0.6 is 0 Å². The molecule has 7 nitrogen and oxygen atoms in total. The molecule has 0 radical (unpaired) electrons. The molecule has 1 aromatic heterocycles. The number of nitrogens with one attached hydrogen (secondary N) is 1. The van der Waals surface area contributed by atoms with Gasteiger partial charge in [-0.05, 0) is 42.8 Å². The van der Waals surface area contributed by atoms with Crippen molar-refractivity contribution in [1.82, 2.24) is 9.36 Å². The number of benzene rings is 2. The number of rotatable bonds is 4. The smallest absolute Gasteiger partial charge is 0.295 e. The second kappa shape index (κ2) is 8.20. The van der Waals surface area contributed by atoms with E-state index in [0.717, 1.165) is 11.3 Å². The number of carbonyl (C=O) groups excluding carboxylic acids is 1. The zero-order chi connectivity index (χ0) is 22.0. The molecule has 1 amide bonds. The van der Waals surface area contributed by atoms with Crippen LogP contribution in [0.5, 0.6) is 5.75 Å². The quantitative estimate of drug-likeness (QED) is 0.526. The van der Waals surface area contributed by atoms with Crippen molar-refractivity contribution < 1.29 is 9.53 Å². The highest BCUT2D eigenvalue weighted by Gasteiger charge is 2.20. The number of nitrogens with zero attached hydrogens (tertiary/aromatic N) is 3. The van der Waals surface area contributed by atoms with Crippen LogP contribution in [0.3, 0.4) is 0 Å². The predicted octanol–water partition coefficient (Wildman–Crippen LogP) is 3.35. The normalized spacial score (nSPS) is 12.9. The van der Waals surface area contributed by atoms with Gasteiger partial charge in [0.15, 0.2) is 0 Å². The molecule has 2 aromatic carbocycles. The Morgan fingerprint density at radius 1 is 1.16 bits per heavy atom. The van der Waals surface area contributed by atoms with Crippen LogP contribution in [0.4, 0.5) is 5.69 Å². The summed E-state index contributed by atoms with van der Waals surface area (Å²) in [6.45, 7) is 1.99. The third-order valence-electron chi connectivity index (χ3n) is 5.14. The summed E-state index contributed by atoms with van der Waals surface area (Å²) in [7, 11) is 1.74. The van der Waals surface area contributed by atoms with Crippen molar-refractivity contribution >= 4 is 17.7 Å². The molecule has 0 fully saturated rings. The first-order valence-electron chi connectivity index (χ1n) is 9.69. The van der Waals surface area contributed by atoms with Crippen LogP contribution in [0.15, 0.2) is 76.6 Å². The minimum Gasteiger partial charge on any atom is -0.488 e. The summed E-state index contributed by atoms with van der Waals surface area (Å²) in [5.74, 6) is 0.109. The van der Waals surface area contributed by atoms with E-state index in [9.17, 15) is 14.9 Å². The van der Waals surface area contributed by atoms with Gasteiger partial charge in [0.05, 0.1) is 11.4 Å². The molecule has 0 bridgehead atoms. The van der Waals surface area contributed by atoms with Gasteiger partial charge in [-0.2, -0.15) is 5.26 Å². The Bertz CT molecular complexity index is 1320. The molecule has 154 valence electrons. The van der Waals surface area contributed by atoms with Crippen LogP contribution in [0.2, 0.25) is 0 Å². The number of anilines is 1. The van der Waals surface area contributed by atoms with E-state index in [4.69, 9.17) is 4.74 Å². The maximum atomic E-state index is 13.0. The Morgan fingerprint density at radius 2 is 1.87 bits per heavy atom. The van der Waals surface area contributed by atoms with Crippen molar-refractivity contribution in [2.75, 3.05) is 11.9 Å². The molecule has 4 rings (SSSR count). The van der Waals surface area contributed by atoms with E-state index in [1.54, 1.807) is 30.8 Å². The Kier molecular flexibility index (Phi) is 5.29. The van der Waals surface area contributed by atoms with E-state index in [2.05, 4.69) is 5.32 Å². The van der Waals surface area contributed by atoms with Crippen LogP contribution in [-0.4, -0.2) is 21.9 Å². The number of amides is 1. The standard InChI is InChI=1S/C24H20N4O3/c1-16-22(24(30)28(27(16)2)20-9-4-3-5-10-20)26-23(29)19(14-25)13-17-12-18-8-6-7-11-21(18)31-15-17/h3-13H,15H2,1-2H3,(H,26,29)/b19-13+. The van der Waals surface area contributed by atoms with Gasteiger partial charge in [0.25, 0.3) is 11.5 Å². The number of para-hydroxylation sites is 2. The predicted molar refractivity (Wildman–Crippen MR) is 118 cm³/mol. The number of hydrogen-bond acceptors (Lipinski definition) is 4. The van der Waals surface area contributed by atoms with Crippen LogP contribution in [-0.2, 0) is 11.8 Å². The summed E-state index contributed by atoms with van der Waals surface area (Å²) in [5.41, 5.74) is 2.48. The minimum atomic E-state index is -0.645. The van der Waals surface area contributed by atoms with E-state index in [1.165, 1.54) is 10.8 Å². The molecule has 0 aliphatic carbocycles. The molecule has 0 saturated carbocycles. The monoisotopic (exact) mass is 412 g/mol. The molecular weight excluding hydrogens is 392 g/mol. The van der Waals surface area contributed by atoms with E-state index in [-0.39, 0.29) is 23.4 Å². The fraction of sp³-hybridized carbons (Fsp3) is 0.125. The Balaban J connectivity index is 1.64. The lowest BCUT2D eigenvalue weighted by molar-refractivity contribution is -0.112. The second-order valence-electron chi connectivity index (χ2n) is 7.11. The van der Waals surface area contributed by atoms with Crippen LogP contribution in [0.1, 0.15) is 11.3 Å². The third kappa shape index (κ3) is 3.79. The van der Waals surface area contributed by atoms with Gasteiger partial charge in [-0.25, -0.2) is 4.68 Å². The molecule has 1 aliphatic rings. The van der Waals surface area contributed by atoms with Gasteiger partial charge in [-0.1, -0.05) is 36.4 Å². The lowest BCUT2D eigenvalue weighted by Crippen LogP contribution is -2.23. The third-order valence-corrected chi connectivity index (χ3v) is 5.14. The fourth-order valence-corrected chi connectivity index (χ4v) is 3.44. The van der Waals surface area contributed by atoms with Gasteiger partial charge in [-0.15, -0.1) is 0 Å². The van der Waals surface area contributed by atoms with Crippen LogP contribution < -0.4 is 15.6 Å². The summed E-state index contributed by atoms with van der Waals surface area (Å²) in [4.78, 5) is 25.8. The first-order chi connectivity index (χ1) is 15.0. The van der Waals surface area contributed by atoms with E-state index < -0.39 is 5.91 Å². The van der Waals surface area contributed by atoms with Crippen molar-refractivity contribution in [2.24, 2.45) is 7.05 Å². The van der Waals surface area contributed by atoms with Gasteiger partial charge in [-0.3, -0.25) is 14.3 Å². The number of hydrogen-bond donors (Lipinski definition) is 1. The lowest BCUT2D eigenvalue weighted by atomic mass is 10.1. The Morgan fingerprint density at radius 3 is 2.61 bits per heavy atom.